The molecule has 21 heavy (non-hydrogen) atoms. The van der Waals surface area contributed by atoms with Crippen LogP contribution >= 0.6 is 11.6 Å². The lowest BCUT2D eigenvalue weighted by atomic mass is 9.97. The molecule has 0 bridgehead atoms. The van der Waals surface area contributed by atoms with E-state index in [1.54, 1.807) is 7.11 Å². The van der Waals surface area contributed by atoms with Crippen LogP contribution in [0, 0.1) is 0 Å². The number of methoxy groups -OCH3 is 1. The Kier molecular flexibility index (Phi) is 4.00. The number of halogens is 1. The molecular weight excluding hydrogens is 286 g/mol. The molecule has 0 saturated carbocycles. The summed E-state index contributed by atoms with van der Waals surface area (Å²) in [6.07, 6.45) is 5.02. The third-order valence-corrected chi connectivity index (χ3v) is 4.49. The number of rotatable bonds is 4. The Balaban J connectivity index is 2.14. The third-order valence-electron chi connectivity index (χ3n) is 4.29. The van der Waals surface area contributed by atoms with E-state index < -0.39 is 0 Å². The highest BCUT2D eigenvalue weighted by atomic mass is 35.5. The molecule has 0 aromatic carbocycles. The summed E-state index contributed by atoms with van der Waals surface area (Å²) in [5, 5.41) is 2.72. The van der Waals surface area contributed by atoms with Crippen molar-refractivity contribution in [3.63, 3.8) is 0 Å². The van der Waals surface area contributed by atoms with Crippen LogP contribution in [-0.2, 0) is 4.74 Å². The number of anilines is 1. The molecule has 0 spiro atoms. The number of ether oxygens (including phenoxy) is 1. The lowest BCUT2D eigenvalue weighted by Crippen LogP contribution is -2.46. The van der Waals surface area contributed by atoms with Gasteiger partial charge in [-0.25, -0.2) is 9.97 Å². The first-order chi connectivity index (χ1) is 10.1. The second kappa shape index (κ2) is 5.78. The van der Waals surface area contributed by atoms with Crippen molar-refractivity contribution in [1.29, 1.82) is 0 Å². The number of hydrogen-bond acceptors (Lipinski definition) is 4. The van der Waals surface area contributed by atoms with E-state index in [9.17, 15) is 0 Å². The minimum atomic E-state index is 0.270. The van der Waals surface area contributed by atoms with Crippen molar-refractivity contribution < 1.29 is 4.74 Å². The van der Waals surface area contributed by atoms with E-state index in [1.165, 1.54) is 6.42 Å². The maximum absolute atomic E-state index is 6.10. The summed E-state index contributed by atoms with van der Waals surface area (Å²) in [5.41, 5.74) is 1.16. The van der Waals surface area contributed by atoms with E-state index in [0.29, 0.717) is 17.8 Å². The van der Waals surface area contributed by atoms with Gasteiger partial charge in [0.05, 0.1) is 6.61 Å². The molecule has 1 unspecified atom stereocenters. The average Bonchev–Trinajstić information content (AvgIpc) is 2.45. The molecule has 0 aliphatic carbocycles. The maximum atomic E-state index is 6.10. The van der Waals surface area contributed by atoms with Gasteiger partial charge in [0, 0.05) is 43.4 Å². The van der Waals surface area contributed by atoms with Crippen molar-refractivity contribution in [2.24, 2.45) is 0 Å². The second-order valence-corrected chi connectivity index (χ2v) is 6.16. The average molecular weight is 306 g/mol. The van der Waals surface area contributed by atoms with Gasteiger partial charge in [-0.05, 0) is 30.4 Å². The second-order valence-electron chi connectivity index (χ2n) is 5.78. The van der Waals surface area contributed by atoms with Gasteiger partial charge in [0.1, 0.15) is 11.0 Å². The first-order valence-corrected chi connectivity index (χ1v) is 7.69. The number of nitrogens with zero attached hydrogens (tertiary/aromatic N) is 3. The smallest absolute Gasteiger partial charge is 0.138 e. The Morgan fingerprint density at radius 2 is 2.19 bits per heavy atom. The van der Waals surface area contributed by atoms with Crippen molar-refractivity contribution in [3.8, 4) is 0 Å². The standard InChI is InChI=1S/C16H20ClN3O/c1-10(9-21-3)13-7-19-16(20-5-4-11(20)2)14-8-18-15(17)6-12(13)14/h6-8,10-11H,4-5,9H2,1-3H3/t10?,11-/m1/s1. The minimum Gasteiger partial charge on any atom is -0.384 e. The van der Waals surface area contributed by atoms with Crippen LogP contribution in [0.15, 0.2) is 18.5 Å². The van der Waals surface area contributed by atoms with E-state index >= 15 is 0 Å². The lowest BCUT2D eigenvalue weighted by Gasteiger charge is -2.40. The van der Waals surface area contributed by atoms with Gasteiger partial charge in [-0.3, -0.25) is 0 Å². The summed E-state index contributed by atoms with van der Waals surface area (Å²) >= 11 is 6.10. The molecule has 1 aliphatic rings. The van der Waals surface area contributed by atoms with Gasteiger partial charge >= 0.3 is 0 Å². The van der Waals surface area contributed by atoms with Gasteiger partial charge in [0.25, 0.3) is 0 Å². The van der Waals surface area contributed by atoms with E-state index in [-0.39, 0.29) is 5.92 Å². The number of fused-ring (bicyclic) bond motifs is 1. The Morgan fingerprint density at radius 1 is 1.38 bits per heavy atom. The fraction of sp³-hybridized carbons (Fsp3) is 0.500. The Morgan fingerprint density at radius 3 is 2.81 bits per heavy atom. The van der Waals surface area contributed by atoms with Gasteiger partial charge in [0.15, 0.2) is 0 Å². The van der Waals surface area contributed by atoms with Crippen molar-refractivity contribution in [2.75, 3.05) is 25.2 Å². The van der Waals surface area contributed by atoms with Crippen LogP contribution in [0.5, 0.6) is 0 Å². The molecule has 2 aromatic heterocycles. The third kappa shape index (κ3) is 2.58. The Labute approximate surface area is 130 Å². The van der Waals surface area contributed by atoms with Crippen LogP contribution in [0.4, 0.5) is 5.82 Å². The fourth-order valence-corrected chi connectivity index (χ4v) is 3.07. The maximum Gasteiger partial charge on any atom is 0.138 e. The molecule has 5 heteroatoms. The molecular formula is C16H20ClN3O. The predicted molar refractivity (Wildman–Crippen MR) is 86.3 cm³/mol. The zero-order chi connectivity index (χ0) is 15.0. The van der Waals surface area contributed by atoms with Crippen molar-refractivity contribution in [2.45, 2.75) is 32.2 Å². The minimum absolute atomic E-state index is 0.270. The fourth-order valence-electron chi connectivity index (χ4n) is 2.91. The van der Waals surface area contributed by atoms with Crippen molar-refractivity contribution >= 4 is 28.2 Å². The van der Waals surface area contributed by atoms with E-state index in [1.807, 2.05) is 18.5 Å². The molecule has 3 rings (SSSR count). The normalized spacial score (nSPS) is 19.6. The molecule has 0 amide bonds. The zero-order valence-electron chi connectivity index (χ0n) is 12.6. The molecule has 0 radical (unpaired) electrons. The monoisotopic (exact) mass is 305 g/mol. The largest absolute Gasteiger partial charge is 0.384 e. The van der Waals surface area contributed by atoms with Gasteiger partial charge in [-0.15, -0.1) is 0 Å². The first kappa shape index (κ1) is 14.5. The summed E-state index contributed by atoms with van der Waals surface area (Å²) in [4.78, 5) is 11.3. The number of pyridine rings is 2. The number of hydrogen-bond donors (Lipinski definition) is 0. The van der Waals surface area contributed by atoms with Gasteiger partial charge in [0.2, 0.25) is 0 Å². The molecule has 1 saturated heterocycles. The van der Waals surface area contributed by atoms with E-state index in [2.05, 4.69) is 23.7 Å². The van der Waals surface area contributed by atoms with Crippen molar-refractivity contribution in [3.05, 3.63) is 29.2 Å². The summed E-state index contributed by atoms with van der Waals surface area (Å²) in [7, 11) is 1.72. The quantitative estimate of drug-likeness (QED) is 0.809. The van der Waals surface area contributed by atoms with E-state index in [0.717, 1.165) is 28.7 Å². The highest BCUT2D eigenvalue weighted by molar-refractivity contribution is 6.30. The Hall–Kier alpha value is -1.39. The predicted octanol–water partition coefficient (Wildman–Crippen LogP) is 3.63. The molecule has 0 N–H and O–H groups in total. The lowest BCUT2D eigenvalue weighted by molar-refractivity contribution is 0.184. The SMILES string of the molecule is COCC(C)c1cnc(N2CC[C@H]2C)c2cnc(Cl)cc12. The van der Waals surface area contributed by atoms with Gasteiger partial charge in [-0.1, -0.05) is 18.5 Å². The molecule has 112 valence electrons. The van der Waals surface area contributed by atoms with Crippen LogP contribution in [0.1, 0.15) is 31.7 Å². The topological polar surface area (TPSA) is 38.2 Å². The highest BCUT2D eigenvalue weighted by Gasteiger charge is 2.27. The molecule has 1 fully saturated rings. The molecule has 3 heterocycles. The van der Waals surface area contributed by atoms with Crippen LogP contribution in [0.25, 0.3) is 10.8 Å². The zero-order valence-corrected chi connectivity index (χ0v) is 13.4. The van der Waals surface area contributed by atoms with Gasteiger partial charge < -0.3 is 9.64 Å². The van der Waals surface area contributed by atoms with Crippen LogP contribution in [0.3, 0.4) is 0 Å². The molecule has 2 aromatic rings. The summed E-state index contributed by atoms with van der Waals surface area (Å²) in [5.74, 6) is 1.28. The van der Waals surface area contributed by atoms with E-state index in [4.69, 9.17) is 21.3 Å². The van der Waals surface area contributed by atoms with Crippen molar-refractivity contribution in [1.82, 2.24) is 9.97 Å². The van der Waals surface area contributed by atoms with Crippen LogP contribution in [-0.4, -0.2) is 36.3 Å². The molecule has 2 atom stereocenters. The van der Waals surface area contributed by atoms with Crippen LogP contribution in [0.2, 0.25) is 5.15 Å². The summed E-state index contributed by atoms with van der Waals surface area (Å²) in [6.45, 7) is 6.08. The molecule has 1 aliphatic heterocycles. The first-order valence-electron chi connectivity index (χ1n) is 7.31. The summed E-state index contributed by atoms with van der Waals surface area (Å²) in [6, 6.07) is 2.48. The highest BCUT2D eigenvalue weighted by Crippen LogP contribution is 2.35. The molecule has 4 nitrogen and oxygen atoms in total. The van der Waals surface area contributed by atoms with Gasteiger partial charge in [-0.2, -0.15) is 0 Å². The van der Waals surface area contributed by atoms with Crippen LogP contribution < -0.4 is 4.90 Å². The summed E-state index contributed by atoms with van der Waals surface area (Å²) < 4.78 is 5.28. The number of aromatic nitrogens is 2. The Bertz CT molecular complexity index is 661.